The molecule has 3 N–H and O–H groups in total. The third-order valence-corrected chi connectivity index (χ3v) is 2.31. The smallest absolute Gasteiger partial charge is 0.0245 e. The van der Waals surface area contributed by atoms with Crippen molar-refractivity contribution in [3.05, 3.63) is 24.0 Å². The molecule has 80 valence electrons. The summed E-state index contributed by atoms with van der Waals surface area (Å²) in [6.45, 7) is 4.20. The Morgan fingerprint density at radius 3 is 2.93 bits per heavy atom. The first-order chi connectivity index (χ1) is 6.68. The topological polar surface area (TPSA) is 45.0 Å². The molecule has 1 atom stereocenters. The number of rotatable bonds is 6. The van der Waals surface area contributed by atoms with Gasteiger partial charge in [-0.1, -0.05) is 0 Å². The Morgan fingerprint density at radius 2 is 2.36 bits per heavy atom. The van der Waals surface area contributed by atoms with Crippen LogP contribution in [0, 0.1) is 0 Å². The molecule has 0 aromatic carbocycles. The Balaban J connectivity index is 2.13. The third-order valence-electron chi connectivity index (χ3n) is 2.31. The zero-order valence-electron chi connectivity index (χ0n) is 9.16. The van der Waals surface area contributed by atoms with Gasteiger partial charge in [-0.2, -0.15) is 0 Å². The van der Waals surface area contributed by atoms with Crippen LogP contribution in [-0.2, 0) is 6.54 Å². The lowest BCUT2D eigenvalue weighted by Gasteiger charge is -2.16. The molecule has 3 heteroatoms. The van der Waals surface area contributed by atoms with Crippen molar-refractivity contribution in [3.8, 4) is 0 Å². The van der Waals surface area contributed by atoms with Crippen LogP contribution >= 0.6 is 0 Å². The third kappa shape index (κ3) is 4.44. The fourth-order valence-electron chi connectivity index (χ4n) is 1.53. The summed E-state index contributed by atoms with van der Waals surface area (Å²) in [4.78, 5) is 5.39. The maximum atomic E-state index is 5.69. The molecule has 1 heterocycles. The molecule has 0 radical (unpaired) electrons. The molecule has 0 amide bonds. The van der Waals surface area contributed by atoms with Gasteiger partial charge >= 0.3 is 0 Å². The van der Waals surface area contributed by atoms with Gasteiger partial charge in [0.1, 0.15) is 0 Å². The van der Waals surface area contributed by atoms with E-state index in [1.807, 2.05) is 12.4 Å². The molecular weight excluding hydrogens is 174 g/mol. The summed E-state index contributed by atoms with van der Waals surface area (Å²) in [5, 5.41) is 0. The fourth-order valence-corrected chi connectivity index (χ4v) is 1.53. The first kappa shape index (κ1) is 11.3. The van der Waals surface area contributed by atoms with Crippen molar-refractivity contribution in [2.45, 2.75) is 32.4 Å². The number of aromatic amines is 1. The van der Waals surface area contributed by atoms with Crippen LogP contribution in [0.25, 0.3) is 0 Å². The molecule has 1 aromatic heterocycles. The fraction of sp³-hybridized carbons (Fsp3) is 0.636. The molecular formula is C11H21N3. The van der Waals surface area contributed by atoms with Crippen LogP contribution in [0.3, 0.4) is 0 Å². The molecule has 0 aliphatic carbocycles. The molecule has 0 aliphatic heterocycles. The average Bonchev–Trinajstić information content (AvgIpc) is 2.56. The number of hydrogen-bond donors (Lipinski definition) is 2. The van der Waals surface area contributed by atoms with Crippen molar-refractivity contribution in [2.75, 3.05) is 13.6 Å². The summed E-state index contributed by atoms with van der Waals surface area (Å²) in [5.74, 6) is 0. The van der Waals surface area contributed by atoms with Gasteiger partial charge in [0.15, 0.2) is 0 Å². The quantitative estimate of drug-likeness (QED) is 0.723. The van der Waals surface area contributed by atoms with Gasteiger partial charge in [-0.05, 0) is 45.0 Å². The normalized spacial score (nSPS) is 13.4. The molecule has 3 nitrogen and oxygen atoms in total. The molecule has 0 spiro atoms. The molecule has 14 heavy (non-hydrogen) atoms. The monoisotopic (exact) mass is 195 g/mol. The average molecular weight is 195 g/mol. The summed E-state index contributed by atoms with van der Waals surface area (Å²) in [6.07, 6.45) is 6.29. The summed E-state index contributed by atoms with van der Waals surface area (Å²) < 4.78 is 0. The van der Waals surface area contributed by atoms with E-state index in [9.17, 15) is 0 Å². The van der Waals surface area contributed by atoms with Crippen LogP contribution in [0.2, 0.25) is 0 Å². The molecule has 0 bridgehead atoms. The minimum Gasteiger partial charge on any atom is -0.367 e. The minimum absolute atomic E-state index is 0.329. The van der Waals surface area contributed by atoms with Gasteiger partial charge in [0, 0.05) is 25.0 Å². The van der Waals surface area contributed by atoms with Gasteiger partial charge in [0.2, 0.25) is 0 Å². The van der Waals surface area contributed by atoms with Crippen molar-refractivity contribution in [3.63, 3.8) is 0 Å². The Morgan fingerprint density at radius 1 is 1.57 bits per heavy atom. The summed E-state index contributed by atoms with van der Waals surface area (Å²) in [6, 6.07) is 2.44. The lowest BCUT2D eigenvalue weighted by molar-refractivity contribution is 0.315. The van der Waals surface area contributed by atoms with Gasteiger partial charge in [-0.15, -0.1) is 0 Å². The van der Waals surface area contributed by atoms with E-state index in [0.29, 0.717) is 6.04 Å². The highest BCUT2D eigenvalue weighted by Crippen LogP contribution is 2.03. The van der Waals surface area contributed by atoms with Crippen molar-refractivity contribution >= 4 is 0 Å². The molecule has 1 unspecified atom stereocenters. The van der Waals surface area contributed by atoms with Crippen molar-refractivity contribution in [2.24, 2.45) is 5.73 Å². The molecule has 0 aliphatic rings. The lowest BCUT2D eigenvalue weighted by Crippen LogP contribution is -2.22. The summed E-state index contributed by atoms with van der Waals surface area (Å²) >= 11 is 0. The predicted molar refractivity (Wildman–Crippen MR) is 60.0 cm³/mol. The molecule has 0 saturated heterocycles. The van der Waals surface area contributed by atoms with E-state index < -0.39 is 0 Å². The van der Waals surface area contributed by atoms with Crippen molar-refractivity contribution in [1.29, 1.82) is 0 Å². The van der Waals surface area contributed by atoms with E-state index in [1.54, 1.807) is 0 Å². The van der Waals surface area contributed by atoms with Crippen LogP contribution in [-0.4, -0.2) is 29.5 Å². The zero-order chi connectivity index (χ0) is 10.4. The van der Waals surface area contributed by atoms with Crippen LogP contribution in [0.1, 0.15) is 25.3 Å². The number of nitrogens with two attached hydrogens (primary N) is 1. The second kappa shape index (κ2) is 5.83. The van der Waals surface area contributed by atoms with Gasteiger partial charge in [0.05, 0.1) is 0 Å². The van der Waals surface area contributed by atoms with Gasteiger partial charge in [-0.3, -0.25) is 0 Å². The maximum absolute atomic E-state index is 5.69. The van der Waals surface area contributed by atoms with Crippen LogP contribution in [0.15, 0.2) is 18.5 Å². The van der Waals surface area contributed by atoms with Crippen LogP contribution in [0.4, 0.5) is 0 Å². The van der Waals surface area contributed by atoms with Crippen LogP contribution in [0.5, 0.6) is 0 Å². The number of hydrogen-bond acceptors (Lipinski definition) is 2. The largest absolute Gasteiger partial charge is 0.367 e. The summed E-state index contributed by atoms with van der Waals surface area (Å²) in [5.41, 5.74) is 7.03. The Labute approximate surface area is 86.3 Å². The van der Waals surface area contributed by atoms with E-state index in [0.717, 1.165) is 19.5 Å². The zero-order valence-corrected chi connectivity index (χ0v) is 9.16. The standard InChI is InChI=1S/C11H21N3/c1-10(12)4-3-7-14(2)9-11-5-6-13-8-11/h5-6,8,10,13H,3-4,7,9,12H2,1-2H3. The Bertz CT molecular complexity index is 229. The predicted octanol–water partition coefficient (Wildman–Crippen LogP) is 1.57. The van der Waals surface area contributed by atoms with E-state index in [-0.39, 0.29) is 0 Å². The highest BCUT2D eigenvalue weighted by atomic mass is 15.1. The number of H-pyrrole nitrogens is 1. The van der Waals surface area contributed by atoms with E-state index in [4.69, 9.17) is 5.73 Å². The molecule has 1 rings (SSSR count). The number of nitrogens with zero attached hydrogens (tertiary/aromatic N) is 1. The van der Waals surface area contributed by atoms with Gasteiger partial charge < -0.3 is 15.6 Å². The molecule has 0 saturated carbocycles. The maximum Gasteiger partial charge on any atom is 0.0245 e. The first-order valence-electron chi connectivity index (χ1n) is 5.24. The van der Waals surface area contributed by atoms with Crippen LogP contribution < -0.4 is 5.73 Å². The highest BCUT2D eigenvalue weighted by Gasteiger charge is 2.01. The number of aromatic nitrogens is 1. The summed E-state index contributed by atoms with van der Waals surface area (Å²) in [7, 11) is 2.15. The van der Waals surface area contributed by atoms with Crippen molar-refractivity contribution < 1.29 is 0 Å². The Hall–Kier alpha value is -0.800. The van der Waals surface area contributed by atoms with Gasteiger partial charge in [-0.25, -0.2) is 0 Å². The van der Waals surface area contributed by atoms with Crippen molar-refractivity contribution in [1.82, 2.24) is 9.88 Å². The number of nitrogens with one attached hydrogen (secondary N) is 1. The highest BCUT2D eigenvalue weighted by molar-refractivity contribution is 5.07. The first-order valence-corrected chi connectivity index (χ1v) is 5.24. The molecule has 1 aromatic rings. The second-order valence-corrected chi connectivity index (χ2v) is 4.08. The Kier molecular flexibility index (Phi) is 4.70. The van der Waals surface area contributed by atoms with E-state index in [1.165, 1.54) is 12.0 Å². The van der Waals surface area contributed by atoms with Gasteiger partial charge in [0.25, 0.3) is 0 Å². The lowest BCUT2D eigenvalue weighted by atomic mass is 10.2. The molecule has 0 fully saturated rings. The van der Waals surface area contributed by atoms with E-state index in [2.05, 4.69) is 29.9 Å². The second-order valence-electron chi connectivity index (χ2n) is 4.08. The van der Waals surface area contributed by atoms with E-state index >= 15 is 0 Å². The SMILES string of the molecule is CC(N)CCCN(C)Cc1cc[nH]c1. The minimum atomic E-state index is 0.329.